The van der Waals surface area contributed by atoms with Crippen LogP contribution in [0.25, 0.3) is 0 Å². The fourth-order valence-electron chi connectivity index (χ4n) is 2.16. The van der Waals surface area contributed by atoms with E-state index >= 15 is 0 Å². The molecule has 3 aromatic rings. The topological polar surface area (TPSA) is 94.5 Å². The standard InChI is InChI=1S/C18H16N3O4P/c19-20-18(22)15-11-13-21(14-12-15)26(23,24-16-7-3-1-4-8-16)25-17-9-5-2-6-10-17/h1-14,19,22H/p+1. The third kappa shape index (κ3) is 4.08. The summed E-state index contributed by atoms with van der Waals surface area (Å²) in [4.78, 5) is 11.6. The summed E-state index contributed by atoms with van der Waals surface area (Å²) < 4.78 is 26.2. The Morgan fingerprint density at radius 3 is 1.73 bits per heavy atom. The molecule has 0 atom stereocenters. The molecular weight excluding hydrogens is 353 g/mol. The molecule has 8 heteroatoms. The number of hydrogen-bond donors (Lipinski definition) is 2. The van der Waals surface area contributed by atoms with E-state index < -0.39 is 13.7 Å². The van der Waals surface area contributed by atoms with Gasteiger partial charge in [-0.3, -0.25) is 10.2 Å². The first-order valence-electron chi connectivity index (χ1n) is 7.73. The van der Waals surface area contributed by atoms with Crippen molar-refractivity contribution >= 4 is 13.7 Å². The molecule has 1 amide bonds. The lowest BCUT2D eigenvalue weighted by molar-refractivity contribution is -0.536. The van der Waals surface area contributed by atoms with E-state index in [1.54, 1.807) is 48.5 Å². The summed E-state index contributed by atoms with van der Waals surface area (Å²) >= 11 is 0. The van der Waals surface area contributed by atoms with Crippen LogP contribution in [0.15, 0.2) is 85.2 Å². The van der Waals surface area contributed by atoms with Crippen molar-refractivity contribution in [1.82, 2.24) is 5.43 Å². The van der Waals surface area contributed by atoms with Crippen molar-refractivity contribution in [3.63, 3.8) is 0 Å². The van der Waals surface area contributed by atoms with Crippen LogP contribution in [-0.2, 0) is 4.57 Å². The Hall–Kier alpha value is -3.15. The second-order valence-electron chi connectivity index (χ2n) is 5.22. The highest BCUT2D eigenvalue weighted by atomic mass is 31.2. The van der Waals surface area contributed by atoms with Gasteiger partial charge in [0.05, 0.1) is 5.56 Å². The molecule has 26 heavy (non-hydrogen) atoms. The molecule has 132 valence electrons. The molecule has 3 N–H and O–H groups in total. The fraction of sp³-hybridized carbons (Fsp3) is 0. The minimum Gasteiger partial charge on any atom is -0.365 e. The highest BCUT2D eigenvalue weighted by molar-refractivity contribution is 7.47. The SMILES string of the molecule is NNC(=O)c1cc[n+](P(=O)(Oc2ccccc2)Oc2ccccc2)cc1. The van der Waals surface area contributed by atoms with Gasteiger partial charge < -0.3 is 9.05 Å². The summed E-state index contributed by atoms with van der Waals surface area (Å²) in [5, 5.41) is 0. The van der Waals surface area contributed by atoms with Crippen LogP contribution in [0.5, 0.6) is 11.5 Å². The van der Waals surface area contributed by atoms with E-state index in [2.05, 4.69) is 0 Å². The van der Waals surface area contributed by atoms with Gasteiger partial charge in [-0.15, -0.1) is 0 Å². The van der Waals surface area contributed by atoms with Gasteiger partial charge in [-0.25, -0.2) is 5.84 Å². The number of nitrogens with two attached hydrogens (primary N) is 1. The second-order valence-corrected chi connectivity index (χ2v) is 6.98. The highest BCUT2D eigenvalue weighted by Crippen LogP contribution is 2.43. The first-order valence-corrected chi connectivity index (χ1v) is 9.23. The molecule has 0 fully saturated rings. The summed E-state index contributed by atoms with van der Waals surface area (Å²) in [7, 11) is -3.82. The fourth-order valence-corrected chi connectivity index (χ4v) is 3.62. The monoisotopic (exact) mass is 370 g/mol. The van der Waals surface area contributed by atoms with Crippen molar-refractivity contribution in [2.24, 2.45) is 5.84 Å². The van der Waals surface area contributed by atoms with Gasteiger partial charge in [0.1, 0.15) is 11.5 Å². The second kappa shape index (κ2) is 7.82. The average molecular weight is 370 g/mol. The predicted molar refractivity (Wildman–Crippen MR) is 95.4 cm³/mol. The summed E-state index contributed by atoms with van der Waals surface area (Å²) in [6.07, 6.45) is 2.88. The molecule has 0 saturated heterocycles. The molecule has 1 aromatic heterocycles. The third-order valence-electron chi connectivity index (χ3n) is 3.42. The van der Waals surface area contributed by atoms with Crippen LogP contribution in [0.2, 0.25) is 0 Å². The molecule has 0 aliphatic carbocycles. The molecule has 0 saturated carbocycles. The summed E-state index contributed by atoms with van der Waals surface area (Å²) in [5.41, 5.74) is 2.35. The largest absolute Gasteiger partial charge is 0.728 e. The number of amides is 1. The maximum absolute atomic E-state index is 13.5. The predicted octanol–water partition coefficient (Wildman–Crippen LogP) is 2.69. The zero-order valence-corrected chi connectivity index (χ0v) is 14.6. The molecule has 0 spiro atoms. The summed E-state index contributed by atoms with van der Waals surface area (Å²) in [5.74, 6) is 5.45. The average Bonchev–Trinajstić information content (AvgIpc) is 2.69. The van der Waals surface area contributed by atoms with Crippen LogP contribution in [0, 0.1) is 0 Å². The Bertz CT molecular complexity index is 873. The molecular formula is C18H17N3O4P+. The molecule has 0 unspecified atom stereocenters. The molecule has 0 bridgehead atoms. The van der Waals surface area contributed by atoms with Crippen molar-refractivity contribution in [3.8, 4) is 11.5 Å². The van der Waals surface area contributed by atoms with Gasteiger partial charge >= 0.3 is 7.75 Å². The van der Waals surface area contributed by atoms with Gasteiger partial charge in [0, 0.05) is 12.1 Å². The number of nitrogens with one attached hydrogen (secondary N) is 1. The molecule has 1 heterocycles. The number of nitrogens with zero attached hydrogens (tertiary/aromatic N) is 1. The van der Waals surface area contributed by atoms with Crippen LogP contribution in [0.3, 0.4) is 0 Å². The van der Waals surface area contributed by atoms with Crippen LogP contribution in [0.1, 0.15) is 10.4 Å². The Labute approximate surface area is 150 Å². The van der Waals surface area contributed by atoms with Gasteiger partial charge in [-0.1, -0.05) is 40.7 Å². The number of hydrazine groups is 1. The van der Waals surface area contributed by atoms with E-state index in [-0.39, 0.29) is 0 Å². The van der Waals surface area contributed by atoms with Crippen molar-refractivity contribution < 1.29 is 22.7 Å². The summed E-state index contributed by atoms with van der Waals surface area (Å²) in [6.45, 7) is 0. The third-order valence-corrected chi connectivity index (χ3v) is 5.13. The quantitative estimate of drug-likeness (QED) is 0.301. The maximum Gasteiger partial charge on any atom is 0.728 e. The Balaban J connectivity index is 1.96. The smallest absolute Gasteiger partial charge is 0.365 e. The minimum absolute atomic E-state index is 0.315. The van der Waals surface area contributed by atoms with Crippen molar-refractivity contribution in [1.29, 1.82) is 0 Å². The normalized spacial score (nSPS) is 10.8. The maximum atomic E-state index is 13.5. The molecule has 7 nitrogen and oxygen atoms in total. The van der Waals surface area contributed by atoms with Crippen molar-refractivity contribution in [3.05, 3.63) is 90.8 Å². The van der Waals surface area contributed by atoms with E-state index in [1.807, 2.05) is 17.6 Å². The summed E-state index contributed by atoms with van der Waals surface area (Å²) in [6, 6.07) is 20.4. The first-order chi connectivity index (χ1) is 12.6. The Morgan fingerprint density at radius 2 is 1.31 bits per heavy atom. The molecule has 3 rings (SSSR count). The zero-order valence-electron chi connectivity index (χ0n) is 13.7. The number of pyridine rings is 1. The number of aromatic nitrogens is 1. The molecule has 0 aliphatic heterocycles. The lowest BCUT2D eigenvalue weighted by Crippen LogP contribution is -2.36. The lowest BCUT2D eigenvalue weighted by atomic mass is 10.3. The number of benzene rings is 2. The number of hydrogen-bond acceptors (Lipinski definition) is 5. The van der Waals surface area contributed by atoms with E-state index in [0.29, 0.717) is 17.1 Å². The molecule has 2 aromatic carbocycles. The number of carbonyl (C=O) groups excluding carboxylic acids is 1. The number of nitrogen functional groups attached to an aromatic ring is 1. The van der Waals surface area contributed by atoms with E-state index in [0.717, 1.165) is 0 Å². The van der Waals surface area contributed by atoms with E-state index in [4.69, 9.17) is 14.9 Å². The van der Waals surface area contributed by atoms with E-state index in [9.17, 15) is 9.36 Å². The van der Waals surface area contributed by atoms with Crippen LogP contribution in [-0.4, -0.2) is 5.91 Å². The van der Waals surface area contributed by atoms with Crippen molar-refractivity contribution in [2.75, 3.05) is 0 Å². The van der Waals surface area contributed by atoms with Gasteiger partial charge in [-0.2, -0.15) is 4.57 Å². The van der Waals surface area contributed by atoms with Gasteiger partial charge in [0.25, 0.3) is 5.91 Å². The Kier molecular flexibility index (Phi) is 5.31. The van der Waals surface area contributed by atoms with Gasteiger partial charge in [0.2, 0.25) is 0 Å². The van der Waals surface area contributed by atoms with Crippen molar-refractivity contribution in [2.45, 2.75) is 0 Å². The highest BCUT2D eigenvalue weighted by Gasteiger charge is 2.42. The zero-order chi connectivity index (χ0) is 18.4. The first kappa shape index (κ1) is 17.7. The number of para-hydroxylation sites is 2. The molecule has 0 radical (unpaired) electrons. The van der Waals surface area contributed by atoms with Gasteiger partial charge in [0.15, 0.2) is 12.4 Å². The Morgan fingerprint density at radius 1 is 0.846 bits per heavy atom. The van der Waals surface area contributed by atoms with Crippen LogP contribution < -0.4 is 24.7 Å². The van der Waals surface area contributed by atoms with E-state index in [1.165, 1.54) is 28.9 Å². The van der Waals surface area contributed by atoms with Crippen LogP contribution >= 0.6 is 7.75 Å². The number of carbonyl (C=O) groups is 1. The lowest BCUT2D eigenvalue weighted by Gasteiger charge is -2.14. The minimum atomic E-state index is -3.82. The molecule has 0 aliphatic rings. The van der Waals surface area contributed by atoms with Gasteiger partial charge in [-0.05, 0) is 24.3 Å². The number of rotatable bonds is 6. The van der Waals surface area contributed by atoms with Crippen LogP contribution in [0.4, 0.5) is 0 Å².